The third kappa shape index (κ3) is 2.28. The van der Waals surface area contributed by atoms with Crippen LogP contribution in [0.2, 0.25) is 0 Å². The normalized spacial score (nSPS) is 20.6. The molecule has 3 rings (SSSR count). The highest BCUT2D eigenvalue weighted by Crippen LogP contribution is 2.38. The molecule has 0 bridgehead atoms. The van der Waals surface area contributed by atoms with Crippen molar-refractivity contribution in [2.24, 2.45) is 5.73 Å². The van der Waals surface area contributed by atoms with E-state index in [4.69, 9.17) is 15.2 Å². The lowest BCUT2D eigenvalue weighted by molar-refractivity contribution is -0.0172. The van der Waals surface area contributed by atoms with Crippen LogP contribution in [0.4, 0.5) is 4.39 Å². The Bertz CT molecular complexity index is 443. The summed E-state index contributed by atoms with van der Waals surface area (Å²) >= 11 is 0. The molecule has 0 radical (unpaired) electrons. The van der Waals surface area contributed by atoms with Crippen LogP contribution in [0.5, 0.6) is 5.75 Å². The molecule has 1 saturated carbocycles. The number of benzene rings is 1. The first-order valence-electron chi connectivity index (χ1n) is 5.97. The van der Waals surface area contributed by atoms with Crippen LogP contribution in [-0.4, -0.2) is 12.3 Å². The van der Waals surface area contributed by atoms with Gasteiger partial charge in [0.2, 0.25) is 0 Å². The van der Waals surface area contributed by atoms with E-state index in [2.05, 4.69) is 0 Å². The highest BCUT2D eigenvalue weighted by atomic mass is 19.1. The van der Waals surface area contributed by atoms with Gasteiger partial charge in [-0.05, 0) is 43.4 Å². The summed E-state index contributed by atoms with van der Waals surface area (Å²) in [6.45, 7) is 0.674. The summed E-state index contributed by atoms with van der Waals surface area (Å²) < 4.78 is 24.1. The number of fused-ring (bicyclic) bond motifs is 1. The Labute approximate surface area is 99.7 Å². The third-order valence-corrected chi connectivity index (χ3v) is 3.54. The zero-order valence-corrected chi connectivity index (χ0v) is 9.67. The number of hydrogen-bond donors (Lipinski definition) is 1. The first kappa shape index (κ1) is 11.0. The predicted molar refractivity (Wildman–Crippen MR) is 61.2 cm³/mol. The van der Waals surface area contributed by atoms with E-state index in [1.165, 1.54) is 6.07 Å². The molecule has 1 heterocycles. The van der Waals surface area contributed by atoms with E-state index >= 15 is 0 Å². The second-order valence-electron chi connectivity index (χ2n) is 5.03. The maximum atomic E-state index is 13.4. The molecule has 2 aliphatic rings. The minimum absolute atomic E-state index is 0.00956. The van der Waals surface area contributed by atoms with Crippen LogP contribution in [0.25, 0.3) is 0 Å². The summed E-state index contributed by atoms with van der Waals surface area (Å²) in [5.74, 6) is 0.566. The fourth-order valence-electron chi connectivity index (χ4n) is 2.24. The van der Waals surface area contributed by atoms with Crippen molar-refractivity contribution >= 4 is 0 Å². The van der Waals surface area contributed by atoms with Crippen LogP contribution in [0.3, 0.4) is 0 Å². The van der Waals surface area contributed by atoms with Crippen molar-refractivity contribution in [3.8, 4) is 5.75 Å². The van der Waals surface area contributed by atoms with Crippen molar-refractivity contribution in [2.75, 3.05) is 6.79 Å². The lowest BCUT2D eigenvalue weighted by atomic mass is 10.0. The Kier molecular flexibility index (Phi) is 2.56. The van der Waals surface area contributed by atoms with Crippen molar-refractivity contribution in [2.45, 2.75) is 37.8 Å². The lowest BCUT2D eigenvalue weighted by Crippen LogP contribution is -2.22. The minimum Gasteiger partial charge on any atom is -0.467 e. The molecule has 0 saturated heterocycles. The number of nitrogens with two attached hydrogens (primary N) is 1. The van der Waals surface area contributed by atoms with Crippen LogP contribution in [0, 0.1) is 5.82 Å². The molecular formula is C13H16FNO2. The van der Waals surface area contributed by atoms with Crippen LogP contribution in [0.1, 0.15) is 30.4 Å². The molecule has 0 spiro atoms. The second-order valence-corrected chi connectivity index (χ2v) is 5.03. The van der Waals surface area contributed by atoms with Crippen LogP contribution in [0.15, 0.2) is 12.1 Å². The van der Waals surface area contributed by atoms with E-state index in [1.54, 1.807) is 6.07 Å². The molecule has 3 nitrogen and oxygen atoms in total. The van der Waals surface area contributed by atoms with Gasteiger partial charge >= 0.3 is 0 Å². The molecule has 1 aliphatic heterocycles. The number of halogens is 1. The smallest absolute Gasteiger partial charge is 0.189 e. The van der Waals surface area contributed by atoms with E-state index < -0.39 is 0 Å². The Morgan fingerprint density at radius 3 is 2.94 bits per heavy atom. The molecule has 0 atom stereocenters. The van der Waals surface area contributed by atoms with E-state index in [-0.39, 0.29) is 18.1 Å². The zero-order valence-electron chi connectivity index (χ0n) is 9.67. The highest BCUT2D eigenvalue weighted by Gasteiger charge is 2.37. The van der Waals surface area contributed by atoms with Gasteiger partial charge in [-0.15, -0.1) is 0 Å². The second kappa shape index (κ2) is 3.96. The standard InChI is InChI=1S/C13H16FNO2/c14-11-5-9(1-2-13(15)3-4-13)12-10(6-11)7-16-8-17-12/h5-6H,1-4,7-8,15H2. The van der Waals surface area contributed by atoms with Gasteiger partial charge in [-0.25, -0.2) is 4.39 Å². The van der Waals surface area contributed by atoms with Crippen LogP contribution >= 0.6 is 0 Å². The molecule has 1 aliphatic carbocycles. The molecule has 4 heteroatoms. The summed E-state index contributed by atoms with van der Waals surface area (Å²) in [6, 6.07) is 3.03. The van der Waals surface area contributed by atoms with Crippen molar-refractivity contribution in [1.82, 2.24) is 0 Å². The largest absolute Gasteiger partial charge is 0.467 e. The topological polar surface area (TPSA) is 44.5 Å². The van der Waals surface area contributed by atoms with Gasteiger partial charge in [0.05, 0.1) is 6.61 Å². The van der Waals surface area contributed by atoms with Gasteiger partial charge < -0.3 is 15.2 Å². The molecule has 92 valence electrons. The average molecular weight is 237 g/mol. The van der Waals surface area contributed by atoms with Gasteiger partial charge in [-0.2, -0.15) is 0 Å². The Balaban J connectivity index is 1.84. The van der Waals surface area contributed by atoms with Crippen molar-refractivity contribution in [1.29, 1.82) is 0 Å². The Hall–Kier alpha value is -1.13. The first-order chi connectivity index (χ1) is 8.16. The van der Waals surface area contributed by atoms with Crippen molar-refractivity contribution in [3.05, 3.63) is 29.1 Å². The van der Waals surface area contributed by atoms with Crippen molar-refractivity contribution in [3.63, 3.8) is 0 Å². The van der Waals surface area contributed by atoms with Gasteiger partial charge in [-0.3, -0.25) is 0 Å². The number of hydrogen-bond acceptors (Lipinski definition) is 3. The predicted octanol–water partition coefficient (Wildman–Crippen LogP) is 2.12. The van der Waals surface area contributed by atoms with E-state index in [0.717, 1.165) is 42.6 Å². The summed E-state index contributed by atoms with van der Waals surface area (Å²) in [4.78, 5) is 0. The molecule has 0 unspecified atom stereocenters. The summed E-state index contributed by atoms with van der Waals surface area (Å²) in [5.41, 5.74) is 7.76. The molecular weight excluding hydrogens is 221 g/mol. The zero-order chi connectivity index (χ0) is 11.9. The van der Waals surface area contributed by atoms with Gasteiger partial charge in [0.25, 0.3) is 0 Å². The van der Waals surface area contributed by atoms with E-state index in [1.807, 2.05) is 0 Å². The number of rotatable bonds is 3. The summed E-state index contributed by atoms with van der Waals surface area (Å²) in [5, 5.41) is 0. The molecule has 1 aromatic rings. The Morgan fingerprint density at radius 1 is 1.35 bits per heavy atom. The summed E-state index contributed by atoms with van der Waals surface area (Å²) in [7, 11) is 0. The summed E-state index contributed by atoms with van der Waals surface area (Å²) in [6.07, 6.45) is 3.83. The molecule has 2 N–H and O–H groups in total. The molecule has 0 amide bonds. The quantitative estimate of drug-likeness (QED) is 0.875. The fraction of sp³-hybridized carbons (Fsp3) is 0.538. The maximum absolute atomic E-state index is 13.4. The SMILES string of the molecule is NC1(CCc2cc(F)cc3c2OCOC3)CC1. The van der Waals surface area contributed by atoms with Gasteiger partial charge in [-0.1, -0.05) is 0 Å². The van der Waals surface area contributed by atoms with Gasteiger partial charge in [0.15, 0.2) is 6.79 Å². The monoisotopic (exact) mass is 237 g/mol. The van der Waals surface area contributed by atoms with E-state index in [9.17, 15) is 4.39 Å². The van der Waals surface area contributed by atoms with Crippen molar-refractivity contribution < 1.29 is 13.9 Å². The average Bonchev–Trinajstić information content (AvgIpc) is 3.05. The molecule has 1 fully saturated rings. The number of aryl methyl sites for hydroxylation is 1. The maximum Gasteiger partial charge on any atom is 0.189 e. The van der Waals surface area contributed by atoms with Gasteiger partial charge in [0, 0.05) is 11.1 Å². The lowest BCUT2D eigenvalue weighted by Gasteiger charge is -2.21. The molecule has 0 aromatic heterocycles. The van der Waals surface area contributed by atoms with Crippen LogP contribution in [-0.2, 0) is 17.8 Å². The van der Waals surface area contributed by atoms with Crippen LogP contribution < -0.4 is 10.5 Å². The van der Waals surface area contributed by atoms with Gasteiger partial charge in [0.1, 0.15) is 11.6 Å². The molecule has 1 aromatic carbocycles. The fourth-order valence-corrected chi connectivity index (χ4v) is 2.24. The number of ether oxygens (including phenoxy) is 2. The highest BCUT2D eigenvalue weighted by molar-refractivity contribution is 5.42. The minimum atomic E-state index is -0.227. The Morgan fingerprint density at radius 2 is 2.18 bits per heavy atom. The first-order valence-corrected chi connectivity index (χ1v) is 5.97. The van der Waals surface area contributed by atoms with E-state index in [0.29, 0.717) is 6.61 Å². The third-order valence-electron chi connectivity index (χ3n) is 3.54. The molecule has 17 heavy (non-hydrogen) atoms.